The number of nitrogens with one attached hydrogen (secondary N) is 2. The van der Waals surface area contributed by atoms with Crippen molar-refractivity contribution in [2.45, 2.75) is 50.2 Å². The first-order valence-corrected chi connectivity index (χ1v) is 12.8. The summed E-state index contributed by atoms with van der Waals surface area (Å²) in [6, 6.07) is -2.62. The molecule has 4 N–H and O–H groups in total. The van der Waals surface area contributed by atoms with Gasteiger partial charge in [-0.1, -0.05) is 11.6 Å². The highest BCUT2D eigenvalue weighted by Gasteiger charge is 2.45. The molecule has 1 aromatic rings. The van der Waals surface area contributed by atoms with Crippen LogP contribution in [-0.4, -0.2) is 99.5 Å². The molecule has 0 radical (unpaired) electrons. The highest BCUT2D eigenvalue weighted by atomic mass is 35.5. The largest absolute Gasteiger partial charge is 0.481 e. The minimum atomic E-state index is -1.61. The molecule has 1 aromatic heterocycles. The summed E-state index contributed by atoms with van der Waals surface area (Å²) in [7, 11) is 0. The predicted octanol–water partition coefficient (Wildman–Crippen LogP) is -0.908. The van der Waals surface area contributed by atoms with Crippen molar-refractivity contribution in [2.75, 3.05) is 19.8 Å². The molecule has 2 aliphatic heterocycles. The van der Waals surface area contributed by atoms with E-state index in [1.807, 2.05) is 0 Å². The second-order valence-corrected chi connectivity index (χ2v) is 9.80. The van der Waals surface area contributed by atoms with Crippen molar-refractivity contribution in [1.82, 2.24) is 20.7 Å². The standard InChI is InChI=1S/C22H25ClN4O10S/c23-11-5-7-38-19(11)22(36)37-10-15(29)13(8-18(32)33)25-20(34)14-2-1-6-26-17(31)4-3-12(21(35)27(14)26)24-16(30)9-28/h5,7,12-14,28H,1-4,6,8-10H2,(H,24,30)(H,25,34)(H,32,33). The number of carbonyl (C=O) groups is 7. The molecule has 0 bridgehead atoms. The van der Waals surface area contributed by atoms with Gasteiger partial charge < -0.3 is 25.6 Å². The van der Waals surface area contributed by atoms with Gasteiger partial charge in [-0.2, -0.15) is 0 Å². The molecule has 2 aliphatic rings. The Morgan fingerprint density at radius 2 is 1.95 bits per heavy atom. The molecular weight excluding hydrogens is 548 g/mol. The second kappa shape index (κ2) is 12.8. The van der Waals surface area contributed by atoms with Crippen LogP contribution in [0.25, 0.3) is 0 Å². The maximum Gasteiger partial charge on any atom is 0.350 e. The molecule has 0 aromatic carbocycles. The van der Waals surface area contributed by atoms with Crippen LogP contribution in [-0.2, 0) is 33.5 Å². The van der Waals surface area contributed by atoms with Crippen molar-refractivity contribution < 1.29 is 48.5 Å². The fraction of sp³-hybridized carbons (Fsp3) is 0.500. The average Bonchev–Trinajstić information content (AvgIpc) is 3.28. The SMILES string of the molecule is O=C(O)CC(NC(=O)C1CCCN2C(=O)CCC(NC(=O)CO)C(=O)N12)C(=O)COC(=O)c1sccc1Cl. The summed E-state index contributed by atoms with van der Waals surface area (Å²) in [6.07, 6.45) is -0.572. The normalized spacial score (nSPS) is 20.2. The lowest BCUT2D eigenvalue weighted by Crippen LogP contribution is -2.64. The number of ether oxygens (including phenoxy) is 1. The third-order valence-electron chi connectivity index (χ3n) is 5.87. The molecule has 3 heterocycles. The van der Waals surface area contributed by atoms with E-state index in [1.165, 1.54) is 11.4 Å². The molecule has 16 heteroatoms. The molecule has 3 rings (SSSR count). The van der Waals surface area contributed by atoms with Gasteiger partial charge in [-0.05, 0) is 30.7 Å². The van der Waals surface area contributed by atoms with Gasteiger partial charge in [0.1, 0.15) is 29.6 Å². The van der Waals surface area contributed by atoms with E-state index in [1.54, 1.807) is 0 Å². The van der Waals surface area contributed by atoms with Gasteiger partial charge in [0.05, 0.1) is 11.4 Å². The molecule has 3 unspecified atom stereocenters. The lowest BCUT2D eigenvalue weighted by atomic mass is 10.0. The molecule has 0 aliphatic carbocycles. The number of thiophene rings is 1. The number of hydrogen-bond acceptors (Lipinski definition) is 10. The quantitative estimate of drug-likeness (QED) is 0.254. The number of hydrogen-bond donors (Lipinski definition) is 4. The van der Waals surface area contributed by atoms with Crippen LogP contribution < -0.4 is 10.6 Å². The molecule has 0 spiro atoms. The van der Waals surface area contributed by atoms with E-state index >= 15 is 0 Å². The molecule has 2 fully saturated rings. The first-order chi connectivity index (χ1) is 18.0. The number of Topliss-reactive ketones (excluding diaryl/α,β-unsaturated/α-hetero) is 1. The maximum absolute atomic E-state index is 13.2. The Morgan fingerprint density at radius 3 is 2.58 bits per heavy atom. The topological polar surface area (TPSA) is 200 Å². The van der Waals surface area contributed by atoms with Crippen LogP contribution >= 0.6 is 22.9 Å². The van der Waals surface area contributed by atoms with Gasteiger partial charge in [-0.15, -0.1) is 11.3 Å². The Morgan fingerprint density at radius 1 is 1.21 bits per heavy atom. The molecular formula is C22H25ClN4O10S. The molecule has 2 saturated heterocycles. The number of fused-ring (bicyclic) bond motifs is 1. The molecule has 206 valence electrons. The number of carboxylic acid groups (broad SMARTS) is 1. The lowest BCUT2D eigenvalue weighted by molar-refractivity contribution is -0.176. The summed E-state index contributed by atoms with van der Waals surface area (Å²) in [4.78, 5) is 87.1. The second-order valence-electron chi connectivity index (χ2n) is 8.47. The van der Waals surface area contributed by atoms with Gasteiger partial charge in [0.15, 0.2) is 12.4 Å². The number of hydrazine groups is 1. The van der Waals surface area contributed by atoms with Crippen LogP contribution in [0.15, 0.2) is 11.4 Å². The Kier molecular flexibility index (Phi) is 9.77. The van der Waals surface area contributed by atoms with Gasteiger partial charge in [-0.25, -0.2) is 9.80 Å². The average molecular weight is 573 g/mol. The van der Waals surface area contributed by atoms with Crippen LogP contribution in [0.4, 0.5) is 0 Å². The summed E-state index contributed by atoms with van der Waals surface area (Å²) in [5.41, 5.74) is 0. The maximum atomic E-state index is 13.2. The zero-order chi connectivity index (χ0) is 28.0. The number of esters is 1. The molecule has 3 atom stereocenters. The van der Waals surface area contributed by atoms with Crippen LogP contribution in [0.2, 0.25) is 5.02 Å². The van der Waals surface area contributed by atoms with E-state index in [2.05, 4.69) is 10.6 Å². The van der Waals surface area contributed by atoms with Crippen molar-refractivity contribution in [2.24, 2.45) is 0 Å². The first kappa shape index (κ1) is 29.0. The number of carbonyl (C=O) groups excluding carboxylic acids is 6. The lowest BCUT2D eigenvalue weighted by Gasteiger charge is -2.43. The van der Waals surface area contributed by atoms with Crippen molar-refractivity contribution >= 4 is 64.3 Å². The summed E-state index contributed by atoms with van der Waals surface area (Å²) in [5.74, 6) is -6.21. The van der Waals surface area contributed by atoms with E-state index in [0.29, 0.717) is 6.42 Å². The third-order valence-corrected chi connectivity index (χ3v) is 7.20. The Bertz CT molecular complexity index is 1140. The van der Waals surface area contributed by atoms with E-state index in [9.17, 15) is 38.7 Å². The summed E-state index contributed by atoms with van der Waals surface area (Å²) >= 11 is 6.85. The van der Waals surface area contributed by atoms with Crippen molar-refractivity contribution in [1.29, 1.82) is 0 Å². The van der Waals surface area contributed by atoms with E-state index in [0.717, 1.165) is 21.4 Å². The first-order valence-electron chi connectivity index (χ1n) is 11.5. The minimum absolute atomic E-state index is 0.0489. The van der Waals surface area contributed by atoms with Crippen molar-refractivity contribution in [3.05, 3.63) is 21.3 Å². The number of aliphatic carboxylic acids is 1. The monoisotopic (exact) mass is 572 g/mol. The zero-order valence-corrected chi connectivity index (χ0v) is 21.5. The number of aliphatic hydroxyl groups is 1. The van der Waals surface area contributed by atoms with Crippen molar-refractivity contribution in [3.63, 3.8) is 0 Å². The number of amides is 4. The van der Waals surface area contributed by atoms with Gasteiger partial charge in [0, 0.05) is 13.0 Å². The molecule has 4 amide bonds. The zero-order valence-electron chi connectivity index (χ0n) is 19.9. The highest BCUT2D eigenvalue weighted by molar-refractivity contribution is 7.12. The fourth-order valence-electron chi connectivity index (χ4n) is 4.08. The minimum Gasteiger partial charge on any atom is -0.481 e. The number of aliphatic hydroxyl groups excluding tert-OH is 1. The number of rotatable bonds is 10. The van der Waals surface area contributed by atoms with Crippen LogP contribution in [0, 0.1) is 0 Å². The van der Waals surface area contributed by atoms with Gasteiger partial charge >= 0.3 is 11.9 Å². The third kappa shape index (κ3) is 6.85. The summed E-state index contributed by atoms with van der Waals surface area (Å²) in [6.45, 7) is -1.60. The molecule has 0 saturated carbocycles. The van der Waals surface area contributed by atoms with Crippen LogP contribution in [0.5, 0.6) is 0 Å². The number of carboxylic acids is 1. The van der Waals surface area contributed by atoms with Crippen molar-refractivity contribution in [3.8, 4) is 0 Å². The Hall–Kier alpha value is -3.56. The summed E-state index contributed by atoms with van der Waals surface area (Å²) < 4.78 is 4.93. The predicted molar refractivity (Wildman–Crippen MR) is 129 cm³/mol. The number of ketones is 1. The van der Waals surface area contributed by atoms with Gasteiger partial charge in [0.25, 0.3) is 5.91 Å². The summed E-state index contributed by atoms with van der Waals surface area (Å²) in [5, 5.41) is 26.6. The highest BCUT2D eigenvalue weighted by Crippen LogP contribution is 2.25. The van der Waals surface area contributed by atoms with Crippen LogP contribution in [0.3, 0.4) is 0 Å². The smallest absolute Gasteiger partial charge is 0.350 e. The van der Waals surface area contributed by atoms with Crippen LogP contribution in [0.1, 0.15) is 41.8 Å². The van der Waals surface area contributed by atoms with E-state index in [4.69, 9.17) is 21.4 Å². The Labute approximate surface area is 224 Å². The van der Waals surface area contributed by atoms with E-state index < -0.39 is 79.1 Å². The molecule has 38 heavy (non-hydrogen) atoms. The number of halogens is 1. The van der Waals surface area contributed by atoms with E-state index in [-0.39, 0.29) is 35.7 Å². The molecule has 14 nitrogen and oxygen atoms in total. The Balaban J connectivity index is 1.75. The fourth-order valence-corrected chi connectivity index (χ4v) is 5.10. The number of nitrogens with zero attached hydrogens (tertiary/aromatic N) is 2. The van der Waals surface area contributed by atoms with Gasteiger partial charge in [-0.3, -0.25) is 33.8 Å². The van der Waals surface area contributed by atoms with Gasteiger partial charge in [0.2, 0.25) is 17.7 Å².